The van der Waals surface area contributed by atoms with Gasteiger partial charge in [0.2, 0.25) is 17.7 Å². The van der Waals surface area contributed by atoms with Crippen LogP contribution in [0.4, 0.5) is 17.1 Å². The third-order valence-electron chi connectivity index (χ3n) is 4.42. The number of nitrogens with zero attached hydrogens (tertiary/aromatic N) is 2. The van der Waals surface area contributed by atoms with E-state index in [-0.39, 0.29) is 43.0 Å². The average molecular weight is 349 g/mol. The van der Waals surface area contributed by atoms with Crippen LogP contribution in [0.1, 0.15) is 23.2 Å². The summed E-state index contributed by atoms with van der Waals surface area (Å²) in [6.07, 6.45) is 0.355. The first-order valence-electron chi connectivity index (χ1n) is 8.21. The lowest BCUT2D eigenvalue weighted by atomic mass is 10.1. The van der Waals surface area contributed by atoms with Gasteiger partial charge in [0, 0.05) is 18.4 Å². The van der Waals surface area contributed by atoms with E-state index < -0.39 is 0 Å². The number of nitrogens with one attached hydrogen (secondary N) is 1. The van der Waals surface area contributed by atoms with Crippen LogP contribution in [-0.4, -0.2) is 30.2 Å². The van der Waals surface area contributed by atoms with Gasteiger partial charge < -0.3 is 5.32 Å². The van der Waals surface area contributed by atoms with Crippen molar-refractivity contribution in [3.8, 4) is 0 Å². The monoisotopic (exact) mass is 349 g/mol. The molecule has 0 aromatic heterocycles. The summed E-state index contributed by atoms with van der Waals surface area (Å²) in [5.74, 6) is -1.20. The highest BCUT2D eigenvalue weighted by molar-refractivity contribution is 6.20. The van der Waals surface area contributed by atoms with Gasteiger partial charge in [-0.05, 0) is 30.3 Å². The maximum absolute atomic E-state index is 13.0. The molecule has 130 valence electrons. The second-order valence-electron chi connectivity index (χ2n) is 6.13. The lowest BCUT2D eigenvalue weighted by Crippen LogP contribution is -2.42. The minimum absolute atomic E-state index is 0.0956. The standard InChI is InChI=1S/C19H15N3O4/c23-16-11-21(15-7-2-1-6-14(15)20-16)19(26)12-4-3-5-13(10-12)22-17(24)8-9-18(22)25/h1-7,10H,8-9,11H2,(H,20,23). The van der Waals surface area contributed by atoms with Gasteiger partial charge in [-0.2, -0.15) is 0 Å². The fraction of sp³-hybridized carbons (Fsp3) is 0.158. The van der Waals surface area contributed by atoms with E-state index in [0.29, 0.717) is 22.6 Å². The van der Waals surface area contributed by atoms with Crippen molar-refractivity contribution in [3.05, 3.63) is 54.1 Å². The van der Waals surface area contributed by atoms with Crippen molar-refractivity contribution in [2.75, 3.05) is 21.7 Å². The Hall–Kier alpha value is -3.48. The number of hydrogen-bond acceptors (Lipinski definition) is 4. The fourth-order valence-electron chi connectivity index (χ4n) is 3.21. The van der Waals surface area contributed by atoms with Gasteiger partial charge in [0.15, 0.2) is 0 Å². The van der Waals surface area contributed by atoms with Crippen LogP contribution in [0.5, 0.6) is 0 Å². The van der Waals surface area contributed by atoms with E-state index in [1.165, 1.54) is 11.0 Å². The number of carbonyl (C=O) groups excluding carboxylic acids is 4. The third kappa shape index (κ3) is 2.63. The maximum atomic E-state index is 13.0. The molecule has 7 nitrogen and oxygen atoms in total. The van der Waals surface area contributed by atoms with Crippen molar-refractivity contribution in [2.24, 2.45) is 0 Å². The molecular formula is C19H15N3O4. The number of hydrogen-bond donors (Lipinski definition) is 1. The molecular weight excluding hydrogens is 334 g/mol. The third-order valence-corrected chi connectivity index (χ3v) is 4.42. The Kier molecular flexibility index (Phi) is 3.76. The van der Waals surface area contributed by atoms with Gasteiger partial charge in [-0.3, -0.25) is 29.0 Å². The van der Waals surface area contributed by atoms with E-state index in [1.54, 1.807) is 42.5 Å². The average Bonchev–Trinajstić information content (AvgIpc) is 2.99. The summed E-state index contributed by atoms with van der Waals surface area (Å²) in [7, 11) is 0. The Bertz CT molecular complexity index is 937. The Morgan fingerprint density at radius 1 is 0.923 bits per heavy atom. The second kappa shape index (κ2) is 6.11. The topological polar surface area (TPSA) is 86.8 Å². The van der Waals surface area contributed by atoms with E-state index in [0.717, 1.165) is 4.90 Å². The first-order chi connectivity index (χ1) is 12.5. The summed E-state index contributed by atoms with van der Waals surface area (Å²) in [4.78, 5) is 51.3. The van der Waals surface area contributed by atoms with Crippen molar-refractivity contribution in [1.29, 1.82) is 0 Å². The van der Waals surface area contributed by atoms with Crippen LogP contribution in [0.25, 0.3) is 0 Å². The molecule has 2 aliphatic rings. The van der Waals surface area contributed by atoms with Crippen LogP contribution in [-0.2, 0) is 14.4 Å². The highest BCUT2D eigenvalue weighted by Gasteiger charge is 2.32. The zero-order valence-electron chi connectivity index (χ0n) is 13.8. The Labute approximate surface area is 149 Å². The SMILES string of the molecule is O=C1CN(C(=O)c2cccc(N3C(=O)CCC3=O)c2)c2ccccc2N1. The van der Waals surface area contributed by atoms with Crippen LogP contribution in [0.15, 0.2) is 48.5 Å². The van der Waals surface area contributed by atoms with Crippen molar-refractivity contribution in [3.63, 3.8) is 0 Å². The minimum Gasteiger partial charge on any atom is -0.323 e. The normalized spacial score (nSPS) is 16.5. The second-order valence-corrected chi connectivity index (χ2v) is 6.13. The number of para-hydroxylation sites is 2. The van der Waals surface area contributed by atoms with Crippen LogP contribution in [0.2, 0.25) is 0 Å². The Morgan fingerprint density at radius 2 is 1.65 bits per heavy atom. The van der Waals surface area contributed by atoms with Crippen LogP contribution in [0, 0.1) is 0 Å². The van der Waals surface area contributed by atoms with Gasteiger partial charge in [0.25, 0.3) is 5.91 Å². The van der Waals surface area contributed by atoms with E-state index in [9.17, 15) is 19.2 Å². The van der Waals surface area contributed by atoms with E-state index in [1.807, 2.05) is 0 Å². The molecule has 1 fully saturated rings. The summed E-state index contributed by atoms with van der Waals surface area (Å²) >= 11 is 0. The summed E-state index contributed by atoms with van der Waals surface area (Å²) in [6, 6.07) is 13.4. The Balaban J connectivity index is 1.69. The number of benzene rings is 2. The fourth-order valence-corrected chi connectivity index (χ4v) is 3.21. The molecule has 4 amide bonds. The summed E-state index contributed by atoms with van der Waals surface area (Å²) in [5.41, 5.74) is 1.85. The largest absolute Gasteiger partial charge is 0.323 e. The number of amides is 4. The van der Waals surface area contributed by atoms with Crippen molar-refractivity contribution >= 4 is 40.7 Å². The van der Waals surface area contributed by atoms with Crippen molar-refractivity contribution in [1.82, 2.24) is 0 Å². The molecule has 0 spiro atoms. The molecule has 0 aliphatic carbocycles. The highest BCUT2D eigenvalue weighted by Crippen LogP contribution is 2.31. The van der Waals surface area contributed by atoms with Gasteiger partial charge >= 0.3 is 0 Å². The quantitative estimate of drug-likeness (QED) is 0.840. The molecule has 2 aromatic carbocycles. The van der Waals surface area contributed by atoms with E-state index in [4.69, 9.17) is 0 Å². The molecule has 0 unspecified atom stereocenters. The molecule has 0 saturated carbocycles. The molecule has 26 heavy (non-hydrogen) atoms. The minimum atomic E-state index is -0.367. The molecule has 0 radical (unpaired) electrons. The highest BCUT2D eigenvalue weighted by atomic mass is 16.2. The molecule has 2 heterocycles. The Morgan fingerprint density at radius 3 is 2.42 bits per heavy atom. The molecule has 2 aliphatic heterocycles. The molecule has 0 bridgehead atoms. The van der Waals surface area contributed by atoms with Gasteiger partial charge in [0.05, 0.1) is 17.1 Å². The van der Waals surface area contributed by atoms with Crippen LogP contribution in [0.3, 0.4) is 0 Å². The van der Waals surface area contributed by atoms with E-state index >= 15 is 0 Å². The maximum Gasteiger partial charge on any atom is 0.258 e. The van der Waals surface area contributed by atoms with Gasteiger partial charge in [-0.1, -0.05) is 18.2 Å². The summed E-state index contributed by atoms with van der Waals surface area (Å²) < 4.78 is 0. The predicted molar refractivity (Wildman–Crippen MR) is 94.9 cm³/mol. The molecule has 0 atom stereocenters. The van der Waals surface area contributed by atoms with Crippen LogP contribution >= 0.6 is 0 Å². The first-order valence-corrected chi connectivity index (χ1v) is 8.21. The number of rotatable bonds is 2. The molecule has 7 heteroatoms. The first kappa shape index (κ1) is 16.0. The lowest BCUT2D eigenvalue weighted by Gasteiger charge is -2.29. The van der Waals surface area contributed by atoms with Gasteiger partial charge in [-0.15, -0.1) is 0 Å². The zero-order chi connectivity index (χ0) is 18.3. The van der Waals surface area contributed by atoms with E-state index in [2.05, 4.69) is 5.32 Å². The molecule has 2 aromatic rings. The summed E-state index contributed by atoms with van der Waals surface area (Å²) in [6.45, 7) is -0.0956. The number of fused-ring (bicyclic) bond motifs is 1. The lowest BCUT2D eigenvalue weighted by molar-refractivity contribution is -0.121. The zero-order valence-corrected chi connectivity index (χ0v) is 13.8. The molecule has 1 N–H and O–H groups in total. The number of carbonyl (C=O) groups is 4. The van der Waals surface area contributed by atoms with Gasteiger partial charge in [-0.25, -0.2) is 0 Å². The van der Waals surface area contributed by atoms with Crippen molar-refractivity contribution < 1.29 is 19.2 Å². The van der Waals surface area contributed by atoms with Gasteiger partial charge in [0.1, 0.15) is 6.54 Å². The molecule has 4 rings (SSSR count). The summed E-state index contributed by atoms with van der Waals surface area (Å²) in [5, 5.41) is 2.73. The molecule has 1 saturated heterocycles. The van der Waals surface area contributed by atoms with Crippen molar-refractivity contribution in [2.45, 2.75) is 12.8 Å². The number of anilines is 3. The predicted octanol–water partition coefficient (Wildman–Crippen LogP) is 1.94. The van der Waals surface area contributed by atoms with Crippen LogP contribution < -0.4 is 15.1 Å². The number of imide groups is 1. The smallest absolute Gasteiger partial charge is 0.258 e.